The zero-order chi connectivity index (χ0) is 17.6. The van der Waals surface area contributed by atoms with E-state index in [-0.39, 0.29) is 0 Å². The monoisotopic (exact) mass is 336 g/mol. The molecule has 1 aliphatic rings. The quantitative estimate of drug-likeness (QED) is 0.689. The van der Waals surface area contributed by atoms with E-state index < -0.39 is 0 Å². The van der Waals surface area contributed by atoms with Crippen molar-refractivity contribution in [3.8, 4) is 0 Å². The molecule has 1 aliphatic carbocycles. The van der Waals surface area contributed by atoms with Crippen molar-refractivity contribution < 1.29 is 0 Å². The fourth-order valence-electron chi connectivity index (χ4n) is 3.19. The van der Waals surface area contributed by atoms with Crippen LogP contribution in [0.5, 0.6) is 0 Å². The number of aromatic nitrogens is 2. The maximum Gasteiger partial charge on any atom is 0.229 e. The molecule has 0 amide bonds. The highest BCUT2D eigenvalue weighted by Crippen LogP contribution is 2.22. The Bertz CT molecular complexity index is 764. The summed E-state index contributed by atoms with van der Waals surface area (Å²) in [4.78, 5) is 9.15. The van der Waals surface area contributed by atoms with Gasteiger partial charge >= 0.3 is 0 Å². The molecule has 25 heavy (non-hydrogen) atoms. The van der Waals surface area contributed by atoms with Crippen LogP contribution >= 0.6 is 0 Å². The normalized spacial score (nSPS) is 14.1. The van der Waals surface area contributed by atoms with Gasteiger partial charge in [0.2, 0.25) is 5.95 Å². The first-order valence-electron chi connectivity index (χ1n) is 9.22. The third kappa shape index (κ3) is 5.05. The fourth-order valence-corrected chi connectivity index (χ4v) is 3.19. The second kappa shape index (κ2) is 8.15. The molecule has 0 fully saturated rings. The van der Waals surface area contributed by atoms with Crippen molar-refractivity contribution in [3.05, 3.63) is 52.7 Å². The Morgan fingerprint density at radius 1 is 1.04 bits per heavy atom. The van der Waals surface area contributed by atoms with Crippen LogP contribution in [0.3, 0.4) is 0 Å². The van der Waals surface area contributed by atoms with Crippen molar-refractivity contribution in [2.75, 3.05) is 17.2 Å². The first kappa shape index (κ1) is 17.5. The molecule has 0 saturated heterocycles. The minimum atomic E-state index is 0.646. The van der Waals surface area contributed by atoms with Crippen LogP contribution in [0.15, 0.2) is 35.9 Å². The number of benzene rings is 1. The molecule has 2 N–H and O–H groups in total. The second-order valence-electron chi connectivity index (χ2n) is 6.95. The Morgan fingerprint density at radius 2 is 1.92 bits per heavy atom. The van der Waals surface area contributed by atoms with Crippen molar-refractivity contribution >= 4 is 17.5 Å². The van der Waals surface area contributed by atoms with Gasteiger partial charge in [-0.1, -0.05) is 23.8 Å². The summed E-state index contributed by atoms with van der Waals surface area (Å²) in [5.74, 6) is 1.53. The molecule has 0 spiro atoms. The SMILES string of the molecule is Cc1ccc(C)c(Nc2nc(C)cc(NCCC3=CCCCC3)n2)c1. The highest BCUT2D eigenvalue weighted by Gasteiger charge is 2.07. The minimum absolute atomic E-state index is 0.646. The molecule has 1 aromatic heterocycles. The van der Waals surface area contributed by atoms with Gasteiger partial charge in [-0.25, -0.2) is 4.98 Å². The maximum absolute atomic E-state index is 4.63. The van der Waals surface area contributed by atoms with E-state index >= 15 is 0 Å². The van der Waals surface area contributed by atoms with E-state index in [2.05, 4.69) is 58.7 Å². The van der Waals surface area contributed by atoms with Crippen LogP contribution in [0.4, 0.5) is 17.5 Å². The lowest BCUT2D eigenvalue weighted by atomic mass is 9.97. The lowest BCUT2D eigenvalue weighted by Crippen LogP contribution is -2.08. The molecule has 0 atom stereocenters. The summed E-state index contributed by atoms with van der Waals surface area (Å²) in [6.07, 6.45) is 8.68. The average Bonchev–Trinajstić information content (AvgIpc) is 2.59. The Hall–Kier alpha value is -2.36. The molecule has 0 radical (unpaired) electrons. The first-order valence-corrected chi connectivity index (χ1v) is 9.22. The van der Waals surface area contributed by atoms with E-state index in [4.69, 9.17) is 0 Å². The number of hydrogen-bond acceptors (Lipinski definition) is 4. The summed E-state index contributed by atoms with van der Waals surface area (Å²) in [6.45, 7) is 7.11. The number of nitrogens with zero attached hydrogens (tertiary/aromatic N) is 2. The molecule has 2 aromatic rings. The molecule has 4 heteroatoms. The lowest BCUT2D eigenvalue weighted by Gasteiger charge is -2.14. The summed E-state index contributed by atoms with van der Waals surface area (Å²) in [6, 6.07) is 8.36. The van der Waals surface area contributed by atoms with E-state index in [1.165, 1.54) is 36.8 Å². The Morgan fingerprint density at radius 3 is 2.72 bits per heavy atom. The molecular formula is C21H28N4. The van der Waals surface area contributed by atoms with Gasteiger partial charge in [0.15, 0.2) is 0 Å². The number of allylic oxidation sites excluding steroid dienone is 1. The first-order chi connectivity index (χ1) is 12.1. The third-order valence-electron chi connectivity index (χ3n) is 4.63. The van der Waals surface area contributed by atoms with Crippen LogP contribution in [-0.2, 0) is 0 Å². The van der Waals surface area contributed by atoms with Gasteiger partial charge in [0.05, 0.1) is 0 Å². The summed E-state index contributed by atoms with van der Waals surface area (Å²) >= 11 is 0. The van der Waals surface area contributed by atoms with Crippen LogP contribution in [0, 0.1) is 20.8 Å². The molecule has 1 heterocycles. The summed E-state index contributed by atoms with van der Waals surface area (Å²) < 4.78 is 0. The Labute approximate surface area is 150 Å². The van der Waals surface area contributed by atoms with Crippen molar-refractivity contribution in [1.82, 2.24) is 9.97 Å². The third-order valence-corrected chi connectivity index (χ3v) is 4.63. The molecule has 0 saturated carbocycles. The largest absolute Gasteiger partial charge is 0.370 e. The van der Waals surface area contributed by atoms with E-state index in [1.54, 1.807) is 5.57 Å². The second-order valence-corrected chi connectivity index (χ2v) is 6.95. The molecule has 1 aromatic carbocycles. The topological polar surface area (TPSA) is 49.8 Å². The molecule has 0 unspecified atom stereocenters. The fraction of sp³-hybridized carbons (Fsp3) is 0.429. The number of hydrogen-bond donors (Lipinski definition) is 2. The standard InChI is InChI=1S/C21H28N4/c1-15-9-10-16(2)19(13-15)24-21-23-17(3)14-20(25-21)22-12-11-18-7-5-4-6-8-18/h7,9-10,13-14H,4-6,8,11-12H2,1-3H3,(H2,22,23,24,25). The van der Waals surface area contributed by atoms with Crippen molar-refractivity contribution in [1.29, 1.82) is 0 Å². The van der Waals surface area contributed by atoms with E-state index in [0.717, 1.165) is 30.2 Å². The molecular weight excluding hydrogens is 308 g/mol. The average molecular weight is 336 g/mol. The maximum atomic E-state index is 4.63. The van der Waals surface area contributed by atoms with Gasteiger partial charge < -0.3 is 10.6 Å². The van der Waals surface area contributed by atoms with Gasteiger partial charge in [-0.05, 0) is 70.1 Å². The van der Waals surface area contributed by atoms with Crippen LogP contribution in [0.1, 0.15) is 48.9 Å². The van der Waals surface area contributed by atoms with Crippen LogP contribution in [-0.4, -0.2) is 16.5 Å². The number of rotatable bonds is 6. The van der Waals surface area contributed by atoms with Gasteiger partial charge in [-0.15, -0.1) is 0 Å². The van der Waals surface area contributed by atoms with Crippen LogP contribution < -0.4 is 10.6 Å². The molecule has 3 rings (SSSR count). The van der Waals surface area contributed by atoms with Gasteiger partial charge in [-0.2, -0.15) is 4.98 Å². The number of anilines is 3. The van der Waals surface area contributed by atoms with Gasteiger partial charge in [0.25, 0.3) is 0 Å². The van der Waals surface area contributed by atoms with Crippen molar-refractivity contribution in [3.63, 3.8) is 0 Å². The van der Waals surface area contributed by atoms with Gasteiger partial charge in [0, 0.05) is 24.0 Å². The van der Waals surface area contributed by atoms with Crippen molar-refractivity contribution in [2.24, 2.45) is 0 Å². The zero-order valence-corrected chi connectivity index (χ0v) is 15.5. The lowest BCUT2D eigenvalue weighted by molar-refractivity contribution is 0.679. The minimum Gasteiger partial charge on any atom is -0.370 e. The predicted molar refractivity (Wildman–Crippen MR) is 106 cm³/mol. The van der Waals surface area contributed by atoms with E-state index in [0.29, 0.717) is 5.95 Å². The summed E-state index contributed by atoms with van der Waals surface area (Å²) in [5.41, 5.74) is 6.01. The van der Waals surface area contributed by atoms with E-state index in [9.17, 15) is 0 Å². The van der Waals surface area contributed by atoms with Crippen LogP contribution in [0.2, 0.25) is 0 Å². The summed E-state index contributed by atoms with van der Waals surface area (Å²) in [7, 11) is 0. The van der Waals surface area contributed by atoms with Gasteiger partial charge in [-0.3, -0.25) is 0 Å². The van der Waals surface area contributed by atoms with Gasteiger partial charge in [0.1, 0.15) is 5.82 Å². The zero-order valence-electron chi connectivity index (χ0n) is 15.5. The molecule has 132 valence electrons. The smallest absolute Gasteiger partial charge is 0.229 e. The molecule has 0 aliphatic heterocycles. The van der Waals surface area contributed by atoms with Crippen molar-refractivity contribution in [2.45, 2.75) is 52.9 Å². The van der Waals surface area contributed by atoms with E-state index in [1.807, 2.05) is 13.0 Å². The Kier molecular flexibility index (Phi) is 5.69. The number of nitrogens with one attached hydrogen (secondary N) is 2. The highest BCUT2D eigenvalue weighted by atomic mass is 15.1. The Balaban J connectivity index is 1.65. The molecule has 4 nitrogen and oxygen atoms in total. The summed E-state index contributed by atoms with van der Waals surface area (Å²) in [5, 5.41) is 6.81. The molecule has 0 bridgehead atoms. The highest BCUT2D eigenvalue weighted by molar-refractivity contribution is 5.60. The predicted octanol–water partition coefficient (Wildman–Crippen LogP) is 5.45. The number of aryl methyl sites for hydroxylation is 3. The van der Waals surface area contributed by atoms with Crippen LogP contribution in [0.25, 0.3) is 0 Å².